The number of rotatable bonds is 5. The Hall–Kier alpha value is -1.69. The number of carbonyl (C=O) groups is 1. The molecule has 18 heavy (non-hydrogen) atoms. The summed E-state index contributed by atoms with van der Waals surface area (Å²) in [6, 6.07) is 4.44. The van der Waals surface area contributed by atoms with E-state index in [1.807, 2.05) is 6.92 Å². The van der Waals surface area contributed by atoms with Crippen LogP contribution >= 0.6 is 11.3 Å². The third kappa shape index (κ3) is 3.16. The molecule has 0 atom stereocenters. The lowest BCUT2D eigenvalue weighted by Gasteiger charge is -2.03. The summed E-state index contributed by atoms with van der Waals surface area (Å²) in [4.78, 5) is 15.7. The van der Waals surface area contributed by atoms with Crippen LogP contribution in [-0.2, 0) is 4.79 Å². The van der Waals surface area contributed by atoms with Crippen molar-refractivity contribution in [2.24, 2.45) is 0 Å². The topological polar surface area (TPSA) is 54.0 Å². The number of hydrogen-bond acceptors (Lipinski definition) is 4. The fraction of sp³-hybridized carbons (Fsp3) is 0.333. The summed E-state index contributed by atoms with van der Waals surface area (Å²) in [5.41, 5.74) is 0.734. The van der Waals surface area contributed by atoms with E-state index in [1.165, 1.54) is 23.5 Å². The number of benzene rings is 1. The van der Waals surface area contributed by atoms with Gasteiger partial charge in [0.1, 0.15) is 5.82 Å². The molecule has 2 N–H and O–H groups in total. The molecule has 0 unspecified atom stereocenters. The number of carbonyl (C=O) groups excluding carboxylic acids is 1. The van der Waals surface area contributed by atoms with Crippen molar-refractivity contribution in [3.63, 3.8) is 0 Å². The van der Waals surface area contributed by atoms with Gasteiger partial charge in [-0.15, -0.1) is 0 Å². The zero-order valence-corrected chi connectivity index (χ0v) is 10.8. The predicted octanol–water partition coefficient (Wildman–Crippen LogP) is 2.37. The van der Waals surface area contributed by atoms with Gasteiger partial charge in [-0.2, -0.15) is 0 Å². The van der Waals surface area contributed by atoms with Crippen molar-refractivity contribution >= 4 is 32.6 Å². The second kappa shape index (κ2) is 5.77. The van der Waals surface area contributed by atoms with E-state index in [-0.39, 0.29) is 18.3 Å². The van der Waals surface area contributed by atoms with Gasteiger partial charge in [-0.1, -0.05) is 18.3 Å². The molecular weight excluding hydrogens is 253 g/mol. The first-order valence-electron chi connectivity index (χ1n) is 5.75. The molecule has 1 aromatic carbocycles. The summed E-state index contributed by atoms with van der Waals surface area (Å²) < 4.78 is 13.8. The number of thiazole rings is 1. The zero-order chi connectivity index (χ0) is 13.0. The van der Waals surface area contributed by atoms with Crippen LogP contribution in [0.3, 0.4) is 0 Å². The Bertz CT molecular complexity index is 555. The van der Waals surface area contributed by atoms with Crippen molar-refractivity contribution in [2.75, 3.05) is 18.4 Å². The highest BCUT2D eigenvalue weighted by molar-refractivity contribution is 7.22. The number of nitrogens with zero attached hydrogens (tertiary/aromatic N) is 1. The molecule has 1 amide bonds. The molecule has 6 heteroatoms. The number of anilines is 1. The Morgan fingerprint density at radius 3 is 3.11 bits per heavy atom. The Balaban J connectivity index is 1.97. The number of aromatic nitrogens is 1. The van der Waals surface area contributed by atoms with E-state index >= 15 is 0 Å². The van der Waals surface area contributed by atoms with Crippen LogP contribution in [0.15, 0.2) is 18.2 Å². The molecule has 0 spiro atoms. The van der Waals surface area contributed by atoms with Crippen molar-refractivity contribution in [2.45, 2.75) is 13.3 Å². The molecule has 0 fully saturated rings. The molecule has 96 valence electrons. The fourth-order valence-corrected chi connectivity index (χ4v) is 2.34. The van der Waals surface area contributed by atoms with E-state index in [4.69, 9.17) is 0 Å². The smallest absolute Gasteiger partial charge is 0.239 e. The monoisotopic (exact) mass is 267 g/mol. The van der Waals surface area contributed by atoms with Crippen molar-refractivity contribution in [3.05, 3.63) is 24.0 Å². The fourth-order valence-electron chi connectivity index (χ4n) is 1.46. The molecule has 0 bridgehead atoms. The first-order chi connectivity index (χ1) is 8.69. The van der Waals surface area contributed by atoms with Crippen LogP contribution in [0.2, 0.25) is 0 Å². The summed E-state index contributed by atoms with van der Waals surface area (Å²) in [5, 5.41) is 6.32. The van der Waals surface area contributed by atoms with Gasteiger partial charge < -0.3 is 10.6 Å². The van der Waals surface area contributed by atoms with Crippen LogP contribution < -0.4 is 10.6 Å². The van der Waals surface area contributed by atoms with Crippen LogP contribution in [0.1, 0.15) is 13.3 Å². The van der Waals surface area contributed by atoms with Gasteiger partial charge in [-0.05, 0) is 24.6 Å². The van der Waals surface area contributed by atoms with Crippen molar-refractivity contribution in [1.29, 1.82) is 0 Å². The molecule has 1 aromatic heterocycles. The largest absolute Gasteiger partial charge is 0.355 e. The Morgan fingerprint density at radius 2 is 2.33 bits per heavy atom. The normalized spacial score (nSPS) is 10.6. The summed E-state index contributed by atoms with van der Waals surface area (Å²) in [7, 11) is 0. The summed E-state index contributed by atoms with van der Waals surface area (Å²) in [6.07, 6.45) is 0.909. The van der Waals surface area contributed by atoms with E-state index < -0.39 is 0 Å². The number of halogens is 1. The van der Waals surface area contributed by atoms with E-state index in [1.54, 1.807) is 6.07 Å². The predicted molar refractivity (Wildman–Crippen MR) is 71.4 cm³/mol. The van der Waals surface area contributed by atoms with Gasteiger partial charge in [0.2, 0.25) is 5.91 Å². The lowest BCUT2D eigenvalue weighted by atomic mass is 10.3. The molecule has 2 rings (SSSR count). The molecule has 0 aliphatic rings. The number of nitrogens with one attached hydrogen (secondary N) is 2. The van der Waals surface area contributed by atoms with Gasteiger partial charge in [-0.3, -0.25) is 4.79 Å². The standard InChI is InChI=1S/C12H14FN3OS/c1-2-5-14-11(17)7-15-12-16-9-4-3-8(13)6-10(9)18-12/h3-4,6H,2,5,7H2,1H3,(H,14,17)(H,15,16). The number of fused-ring (bicyclic) bond motifs is 1. The van der Waals surface area contributed by atoms with E-state index in [0.29, 0.717) is 11.7 Å². The third-order valence-corrected chi connectivity index (χ3v) is 3.30. The Labute approximate surface area is 108 Å². The van der Waals surface area contributed by atoms with Gasteiger partial charge in [0.25, 0.3) is 0 Å². The summed E-state index contributed by atoms with van der Waals surface area (Å²) in [6.45, 7) is 2.85. The number of amides is 1. The molecule has 0 saturated carbocycles. The van der Waals surface area contributed by atoms with Crippen LogP contribution in [0.5, 0.6) is 0 Å². The lowest BCUT2D eigenvalue weighted by Crippen LogP contribution is -2.30. The molecule has 1 heterocycles. The van der Waals surface area contributed by atoms with Crippen LogP contribution in [-0.4, -0.2) is 24.0 Å². The molecule has 0 aliphatic heterocycles. The Morgan fingerprint density at radius 1 is 1.50 bits per heavy atom. The van der Waals surface area contributed by atoms with Gasteiger partial charge in [0, 0.05) is 6.54 Å². The third-order valence-electron chi connectivity index (χ3n) is 2.32. The van der Waals surface area contributed by atoms with E-state index in [0.717, 1.165) is 16.6 Å². The van der Waals surface area contributed by atoms with E-state index in [9.17, 15) is 9.18 Å². The molecule has 2 aromatic rings. The number of hydrogen-bond donors (Lipinski definition) is 2. The molecule has 4 nitrogen and oxygen atoms in total. The first-order valence-corrected chi connectivity index (χ1v) is 6.57. The minimum atomic E-state index is -0.279. The van der Waals surface area contributed by atoms with Crippen molar-refractivity contribution in [3.8, 4) is 0 Å². The highest BCUT2D eigenvalue weighted by Gasteiger charge is 2.06. The average Bonchev–Trinajstić information content (AvgIpc) is 2.75. The maximum Gasteiger partial charge on any atom is 0.239 e. The molecule has 0 radical (unpaired) electrons. The minimum Gasteiger partial charge on any atom is -0.355 e. The highest BCUT2D eigenvalue weighted by Crippen LogP contribution is 2.26. The second-order valence-electron chi connectivity index (χ2n) is 3.83. The van der Waals surface area contributed by atoms with Crippen LogP contribution in [0.25, 0.3) is 10.2 Å². The second-order valence-corrected chi connectivity index (χ2v) is 4.87. The SMILES string of the molecule is CCCNC(=O)CNc1nc2ccc(F)cc2s1. The van der Waals surface area contributed by atoms with Crippen molar-refractivity contribution < 1.29 is 9.18 Å². The van der Waals surface area contributed by atoms with Gasteiger partial charge in [-0.25, -0.2) is 9.37 Å². The molecule has 0 aliphatic carbocycles. The van der Waals surface area contributed by atoms with E-state index in [2.05, 4.69) is 15.6 Å². The van der Waals surface area contributed by atoms with Crippen LogP contribution in [0, 0.1) is 5.82 Å². The minimum absolute atomic E-state index is 0.0673. The maximum absolute atomic E-state index is 13.0. The average molecular weight is 267 g/mol. The summed E-state index contributed by atoms with van der Waals surface area (Å²) >= 11 is 1.34. The maximum atomic E-state index is 13.0. The summed E-state index contributed by atoms with van der Waals surface area (Å²) in [5.74, 6) is -0.347. The molecule has 0 saturated heterocycles. The lowest BCUT2D eigenvalue weighted by molar-refractivity contribution is -0.119. The quantitative estimate of drug-likeness (QED) is 0.874. The first kappa shape index (κ1) is 12.8. The zero-order valence-electron chi connectivity index (χ0n) is 10.00. The van der Waals surface area contributed by atoms with Gasteiger partial charge in [0.15, 0.2) is 5.13 Å². The highest BCUT2D eigenvalue weighted by atomic mass is 32.1. The molecular formula is C12H14FN3OS. The van der Waals surface area contributed by atoms with Crippen LogP contribution in [0.4, 0.5) is 9.52 Å². The van der Waals surface area contributed by atoms with Gasteiger partial charge in [0.05, 0.1) is 16.8 Å². The Kier molecular flexibility index (Phi) is 4.09. The van der Waals surface area contributed by atoms with Crippen molar-refractivity contribution in [1.82, 2.24) is 10.3 Å². The van der Waals surface area contributed by atoms with Gasteiger partial charge >= 0.3 is 0 Å².